The Hall–Kier alpha value is -2.10. The van der Waals surface area contributed by atoms with Crippen LogP contribution in [0, 0.1) is 13.8 Å². The van der Waals surface area contributed by atoms with Crippen molar-refractivity contribution in [3.8, 4) is 0 Å². The van der Waals surface area contributed by atoms with E-state index in [9.17, 15) is 9.59 Å². The maximum atomic E-state index is 11.6. The van der Waals surface area contributed by atoms with Gasteiger partial charge in [-0.3, -0.25) is 4.79 Å². The van der Waals surface area contributed by atoms with E-state index >= 15 is 0 Å². The summed E-state index contributed by atoms with van der Waals surface area (Å²) in [6.45, 7) is 5.32. The largest absolute Gasteiger partial charge is 0.478 e. The fraction of sp³-hybridized carbons (Fsp3) is 0.231. The molecule has 17 heavy (non-hydrogen) atoms. The zero-order valence-electron chi connectivity index (χ0n) is 10.1. The number of hydrogen-bond acceptors (Lipinski definition) is 2. The van der Waals surface area contributed by atoms with Crippen LogP contribution in [0.2, 0.25) is 0 Å². The van der Waals surface area contributed by atoms with Crippen LogP contribution in [0.25, 0.3) is 0 Å². The fourth-order valence-electron chi connectivity index (χ4n) is 1.43. The molecule has 0 unspecified atom stereocenters. The molecule has 0 atom stereocenters. The smallest absolute Gasteiger partial charge is 0.328 e. The van der Waals surface area contributed by atoms with E-state index in [1.54, 1.807) is 6.07 Å². The summed E-state index contributed by atoms with van der Waals surface area (Å²) in [7, 11) is 0. The van der Waals surface area contributed by atoms with Crippen LogP contribution in [0.15, 0.2) is 29.8 Å². The van der Waals surface area contributed by atoms with Crippen molar-refractivity contribution in [1.29, 1.82) is 0 Å². The first-order chi connectivity index (χ1) is 7.90. The number of carbonyl (C=O) groups excluding carboxylic acids is 1. The van der Waals surface area contributed by atoms with Crippen LogP contribution in [0.1, 0.15) is 18.1 Å². The second-order valence-electron chi connectivity index (χ2n) is 3.94. The van der Waals surface area contributed by atoms with Gasteiger partial charge in [0.05, 0.1) is 0 Å². The summed E-state index contributed by atoms with van der Waals surface area (Å²) in [4.78, 5) is 22.1. The average Bonchev–Trinajstić information content (AvgIpc) is 2.21. The maximum Gasteiger partial charge on any atom is 0.328 e. The predicted molar refractivity (Wildman–Crippen MR) is 65.9 cm³/mol. The fourth-order valence-corrected chi connectivity index (χ4v) is 1.43. The summed E-state index contributed by atoms with van der Waals surface area (Å²) in [6.07, 6.45) is 0.888. The van der Waals surface area contributed by atoms with Gasteiger partial charge in [0.25, 0.3) is 5.91 Å². The highest BCUT2D eigenvalue weighted by Gasteiger charge is 2.08. The first-order valence-electron chi connectivity index (χ1n) is 5.20. The van der Waals surface area contributed by atoms with Crippen molar-refractivity contribution < 1.29 is 14.7 Å². The van der Waals surface area contributed by atoms with Crippen molar-refractivity contribution >= 4 is 17.6 Å². The number of hydrogen-bond donors (Lipinski definition) is 2. The highest BCUT2D eigenvalue weighted by Crippen LogP contribution is 2.16. The van der Waals surface area contributed by atoms with Gasteiger partial charge in [0.15, 0.2) is 0 Å². The van der Waals surface area contributed by atoms with Crippen LogP contribution in [-0.4, -0.2) is 17.0 Å². The van der Waals surface area contributed by atoms with Gasteiger partial charge < -0.3 is 10.4 Å². The number of rotatable bonds is 3. The van der Waals surface area contributed by atoms with E-state index in [4.69, 9.17) is 5.11 Å². The van der Waals surface area contributed by atoms with Crippen molar-refractivity contribution in [1.82, 2.24) is 0 Å². The molecule has 0 fully saturated rings. The summed E-state index contributed by atoms with van der Waals surface area (Å²) < 4.78 is 0. The van der Waals surface area contributed by atoms with Crippen LogP contribution >= 0.6 is 0 Å². The Labute approximate surface area is 100.0 Å². The van der Waals surface area contributed by atoms with Gasteiger partial charge in [-0.2, -0.15) is 0 Å². The number of carboxylic acids is 1. The van der Waals surface area contributed by atoms with Crippen molar-refractivity contribution in [3.63, 3.8) is 0 Å². The minimum absolute atomic E-state index is 0.164. The Bertz CT molecular complexity index is 489. The Morgan fingerprint density at radius 1 is 1.29 bits per heavy atom. The van der Waals surface area contributed by atoms with E-state index in [-0.39, 0.29) is 5.57 Å². The van der Waals surface area contributed by atoms with E-state index in [2.05, 4.69) is 5.32 Å². The lowest BCUT2D eigenvalue weighted by molar-refractivity contribution is -0.131. The summed E-state index contributed by atoms with van der Waals surface area (Å²) in [5.74, 6) is -1.53. The second-order valence-corrected chi connectivity index (χ2v) is 3.94. The third-order valence-corrected chi connectivity index (χ3v) is 2.33. The van der Waals surface area contributed by atoms with E-state index in [1.165, 1.54) is 6.92 Å². The highest BCUT2D eigenvalue weighted by molar-refractivity contribution is 6.06. The zero-order valence-corrected chi connectivity index (χ0v) is 10.1. The molecule has 0 saturated carbocycles. The topological polar surface area (TPSA) is 66.4 Å². The molecule has 0 radical (unpaired) electrons. The summed E-state index contributed by atoms with van der Waals surface area (Å²) in [6, 6.07) is 5.64. The van der Waals surface area contributed by atoms with Crippen molar-refractivity contribution in [2.45, 2.75) is 20.8 Å². The third kappa shape index (κ3) is 3.75. The molecule has 0 aromatic heterocycles. The van der Waals surface area contributed by atoms with E-state index in [0.29, 0.717) is 5.69 Å². The number of nitrogens with one attached hydrogen (secondary N) is 1. The molecule has 0 aliphatic carbocycles. The molecule has 0 spiro atoms. The molecule has 1 aromatic carbocycles. The van der Waals surface area contributed by atoms with Crippen molar-refractivity contribution in [2.24, 2.45) is 0 Å². The van der Waals surface area contributed by atoms with Crippen LogP contribution in [0.4, 0.5) is 5.69 Å². The van der Waals surface area contributed by atoms with Gasteiger partial charge in [-0.15, -0.1) is 0 Å². The van der Waals surface area contributed by atoms with E-state index in [0.717, 1.165) is 17.2 Å². The van der Waals surface area contributed by atoms with Gasteiger partial charge in [0.2, 0.25) is 0 Å². The van der Waals surface area contributed by atoms with Crippen LogP contribution < -0.4 is 5.32 Å². The van der Waals surface area contributed by atoms with Crippen LogP contribution in [0.5, 0.6) is 0 Å². The first-order valence-corrected chi connectivity index (χ1v) is 5.20. The monoisotopic (exact) mass is 233 g/mol. The first kappa shape index (κ1) is 13.0. The molecule has 0 saturated heterocycles. The maximum absolute atomic E-state index is 11.6. The van der Waals surface area contributed by atoms with Gasteiger partial charge >= 0.3 is 5.97 Å². The molecule has 0 heterocycles. The second kappa shape index (κ2) is 5.30. The molecule has 0 aliphatic rings. The van der Waals surface area contributed by atoms with Gasteiger partial charge in [-0.05, 0) is 32.4 Å². The zero-order chi connectivity index (χ0) is 13.0. The Morgan fingerprint density at radius 3 is 2.47 bits per heavy atom. The predicted octanol–water partition coefficient (Wildman–Crippen LogP) is 2.27. The quantitative estimate of drug-likeness (QED) is 0.787. The number of benzene rings is 1. The summed E-state index contributed by atoms with van der Waals surface area (Å²) in [5.41, 5.74) is 2.91. The minimum atomic E-state index is -1.13. The van der Waals surface area contributed by atoms with Crippen LogP contribution in [-0.2, 0) is 9.59 Å². The molecular formula is C13H15NO3. The summed E-state index contributed by atoms with van der Waals surface area (Å²) >= 11 is 0. The number of anilines is 1. The lowest BCUT2D eigenvalue weighted by Crippen LogP contribution is -2.14. The SMILES string of the molecule is C/C(=C\C(=O)O)C(=O)Nc1ccc(C)cc1C. The minimum Gasteiger partial charge on any atom is -0.478 e. The van der Waals surface area contributed by atoms with Gasteiger partial charge in [-0.25, -0.2) is 4.79 Å². The number of carbonyl (C=O) groups is 2. The molecule has 0 bridgehead atoms. The van der Waals surface area contributed by atoms with Gasteiger partial charge in [-0.1, -0.05) is 17.7 Å². The molecule has 1 rings (SSSR count). The Balaban J connectivity index is 2.85. The molecule has 4 heteroatoms. The molecule has 1 amide bonds. The number of carboxylic acid groups (broad SMARTS) is 1. The van der Waals surface area contributed by atoms with Crippen molar-refractivity contribution in [3.05, 3.63) is 41.0 Å². The lowest BCUT2D eigenvalue weighted by Gasteiger charge is -2.08. The summed E-state index contributed by atoms with van der Waals surface area (Å²) in [5, 5.41) is 11.2. The average molecular weight is 233 g/mol. The Kier molecular flexibility index (Phi) is 4.04. The standard InChI is InChI=1S/C13H15NO3/c1-8-4-5-11(9(2)6-8)14-13(17)10(3)7-12(15)16/h4-7H,1-3H3,(H,14,17)(H,15,16)/b10-7+. The van der Waals surface area contributed by atoms with Crippen LogP contribution in [0.3, 0.4) is 0 Å². The normalized spacial score (nSPS) is 11.1. The van der Waals surface area contributed by atoms with Crippen molar-refractivity contribution in [2.75, 3.05) is 5.32 Å². The van der Waals surface area contributed by atoms with E-state index in [1.807, 2.05) is 26.0 Å². The third-order valence-electron chi connectivity index (χ3n) is 2.33. The molecule has 4 nitrogen and oxygen atoms in total. The molecule has 2 N–H and O–H groups in total. The number of aliphatic carboxylic acids is 1. The van der Waals surface area contributed by atoms with Gasteiger partial charge in [0, 0.05) is 17.3 Å². The van der Waals surface area contributed by atoms with E-state index < -0.39 is 11.9 Å². The highest BCUT2D eigenvalue weighted by atomic mass is 16.4. The molecule has 0 aliphatic heterocycles. The Morgan fingerprint density at radius 2 is 1.94 bits per heavy atom. The molecular weight excluding hydrogens is 218 g/mol. The number of amides is 1. The molecule has 1 aromatic rings. The lowest BCUT2D eigenvalue weighted by atomic mass is 10.1. The van der Waals surface area contributed by atoms with Gasteiger partial charge in [0.1, 0.15) is 0 Å². The molecule has 90 valence electrons. The number of aryl methyl sites for hydroxylation is 2.